The average molecular weight is 401 g/mol. The van der Waals surface area contributed by atoms with E-state index in [2.05, 4.69) is 20.3 Å². The van der Waals surface area contributed by atoms with E-state index >= 15 is 0 Å². The van der Waals surface area contributed by atoms with Crippen molar-refractivity contribution >= 4 is 23.4 Å². The van der Waals surface area contributed by atoms with Gasteiger partial charge in [-0.25, -0.2) is 0 Å². The first-order valence-electron chi connectivity index (χ1n) is 7.91. The number of nitrogens with zero attached hydrogens (tertiary/aromatic N) is 4. The molecule has 0 spiro atoms. The highest BCUT2D eigenvalue weighted by Gasteiger charge is 2.14. The lowest BCUT2D eigenvalue weighted by Crippen LogP contribution is -1.85. The summed E-state index contributed by atoms with van der Waals surface area (Å²) in [4.78, 5) is 4.35. The second-order valence-electron chi connectivity index (χ2n) is 5.39. The zero-order valence-corrected chi connectivity index (χ0v) is 15.7. The van der Waals surface area contributed by atoms with Gasteiger partial charge in [0.05, 0.1) is 23.4 Å². The molecule has 0 radical (unpaired) electrons. The van der Waals surface area contributed by atoms with Crippen molar-refractivity contribution < 1.29 is 13.7 Å². The molecule has 7 nitrogen and oxygen atoms in total. The predicted octanol–water partition coefficient (Wildman–Crippen LogP) is 4.74. The number of aromatic nitrogens is 4. The molecule has 0 amide bonds. The standard InChI is InChI=1S/C18H13ClN4O3S/c1-24-12-8-6-11(7-9-12)16-21-22-18(25-16)27-10-15-20-17(26-23-15)13-4-2-3-5-14(13)19/h2-9H,10H2,1H3. The number of thioether (sulfide) groups is 1. The van der Waals surface area contributed by atoms with E-state index in [1.54, 1.807) is 13.2 Å². The lowest BCUT2D eigenvalue weighted by molar-refractivity contribution is 0.414. The van der Waals surface area contributed by atoms with E-state index < -0.39 is 0 Å². The van der Waals surface area contributed by atoms with Gasteiger partial charge in [0.15, 0.2) is 5.82 Å². The monoisotopic (exact) mass is 400 g/mol. The van der Waals surface area contributed by atoms with E-state index in [0.29, 0.717) is 39.2 Å². The van der Waals surface area contributed by atoms with E-state index in [1.165, 1.54) is 11.8 Å². The zero-order valence-electron chi connectivity index (χ0n) is 14.1. The van der Waals surface area contributed by atoms with Crippen molar-refractivity contribution in [3.8, 4) is 28.7 Å². The summed E-state index contributed by atoms with van der Waals surface area (Å²) in [6.07, 6.45) is 0. The number of hydrogen-bond donors (Lipinski definition) is 0. The first-order chi connectivity index (χ1) is 13.2. The quantitative estimate of drug-likeness (QED) is 0.429. The molecule has 2 aromatic heterocycles. The predicted molar refractivity (Wildman–Crippen MR) is 101 cm³/mol. The molecule has 136 valence electrons. The molecule has 0 aliphatic heterocycles. The van der Waals surface area contributed by atoms with Gasteiger partial charge in [-0.2, -0.15) is 4.98 Å². The summed E-state index contributed by atoms with van der Waals surface area (Å²) in [6, 6.07) is 14.7. The first-order valence-corrected chi connectivity index (χ1v) is 9.27. The minimum absolute atomic E-state index is 0.376. The summed E-state index contributed by atoms with van der Waals surface area (Å²) < 4.78 is 16.1. The van der Waals surface area contributed by atoms with Crippen molar-refractivity contribution in [1.82, 2.24) is 20.3 Å². The number of methoxy groups -OCH3 is 1. The van der Waals surface area contributed by atoms with Crippen molar-refractivity contribution in [3.63, 3.8) is 0 Å². The second kappa shape index (κ2) is 7.81. The van der Waals surface area contributed by atoms with Crippen molar-refractivity contribution in [1.29, 1.82) is 0 Å². The number of hydrogen-bond acceptors (Lipinski definition) is 8. The molecule has 2 heterocycles. The molecule has 4 rings (SSSR count). The Balaban J connectivity index is 1.42. The fourth-order valence-corrected chi connectivity index (χ4v) is 3.12. The second-order valence-corrected chi connectivity index (χ2v) is 6.72. The SMILES string of the molecule is COc1ccc(-c2nnc(SCc3noc(-c4ccccc4Cl)n3)o2)cc1. The van der Waals surface area contributed by atoms with E-state index in [1.807, 2.05) is 42.5 Å². The fraction of sp³-hybridized carbons (Fsp3) is 0.111. The molecule has 0 bridgehead atoms. The van der Waals surface area contributed by atoms with Crippen LogP contribution >= 0.6 is 23.4 Å². The van der Waals surface area contributed by atoms with Gasteiger partial charge < -0.3 is 13.7 Å². The minimum Gasteiger partial charge on any atom is -0.497 e. The summed E-state index contributed by atoms with van der Waals surface area (Å²) in [5.41, 5.74) is 1.51. The maximum atomic E-state index is 6.15. The van der Waals surface area contributed by atoms with Gasteiger partial charge in [-0.3, -0.25) is 0 Å². The highest BCUT2D eigenvalue weighted by Crippen LogP contribution is 2.29. The molecule has 0 saturated carbocycles. The molecule has 0 fully saturated rings. The highest BCUT2D eigenvalue weighted by atomic mass is 35.5. The maximum Gasteiger partial charge on any atom is 0.277 e. The van der Waals surface area contributed by atoms with Gasteiger partial charge in [0, 0.05) is 5.56 Å². The smallest absolute Gasteiger partial charge is 0.277 e. The van der Waals surface area contributed by atoms with Crippen molar-refractivity contribution in [2.45, 2.75) is 11.0 Å². The van der Waals surface area contributed by atoms with Gasteiger partial charge >= 0.3 is 0 Å². The summed E-state index contributed by atoms with van der Waals surface area (Å²) in [6.45, 7) is 0. The Bertz CT molecular complexity index is 1050. The lowest BCUT2D eigenvalue weighted by Gasteiger charge is -1.99. The molecular formula is C18H13ClN4O3S. The first kappa shape index (κ1) is 17.6. The van der Waals surface area contributed by atoms with Crippen LogP contribution in [-0.4, -0.2) is 27.4 Å². The molecule has 2 aromatic carbocycles. The molecule has 9 heteroatoms. The van der Waals surface area contributed by atoms with Gasteiger partial charge in [0.1, 0.15) is 5.75 Å². The van der Waals surface area contributed by atoms with Crippen LogP contribution in [-0.2, 0) is 5.75 Å². The zero-order chi connectivity index (χ0) is 18.6. The van der Waals surface area contributed by atoms with Gasteiger partial charge in [-0.05, 0) is 36.4 Å². The largest absolute Gasteiger partial charge is 0.497 e. The van der Waals surface area contributed by atoms with Gasteiger partial charge in [0.2, 0.25) is 5.89 Å². The number of ether oxygens (including phenoxy) is 1. The summed E-state index contributed by atoms with van der Waals surface area (Å²) in [5.74, 6) is 2.52. The van der Waals surface area contributed by atoms with Crippen molar-refractivity contribution in [2.24, 2.45) is 0 Å². The summed E-state index contributed by atoms with van der Waals surface area (Å²) in [7, 11) is 1.62. The van der Waals surface area contributed by atoms with Crippen LogP contribution in [0.1, 0.15) is 5.82 Å². The van der Waals surface area contributed by atoms with Crippen LogP contribution in [0.15, 0.2) is 62.7 Å². The van der Waals surface area contributed by atoms with Crippen LogP contribution in [0.2, 0.25) is 5.02 Å². The minimum atomic E-state index is 0.376. The molecule has 0 N–H and O–H groups in total. The summed E-state index contributed by atoms with van der Waals surface area (Å²) in [5, 5.41) is 13.0. The molecule has 0 atom stereocenters. The van der Waals surface area contributed by atoms with Crippen LogP contribution in [0.3, 0.4) is 0 Å². The number of benzene rings is 2. The molecule has 0 saturated heterocycles. The van der Waals surface area contributed by atoms with E-state index in [-0.39, 0.29) is 0 Å². The van der Waals surface area contributed by atoms with Crippen molar-refractivity contribution in [3.05, 3.63) is 59.4 Å². The van der Waals surface area contributed by atoms with E-state index in [9.17, 15) is 0 Å². The molecule has 0 aliphatic rings. The Hall–Kier alpha value is -2.84. The lowest BCUT2D eigenvalue weighted by atomic mass is 10.2. The van der Waals surface area contributed by atoms with Gasteiger partial charge in [-0.1, -0.05) is 40.7 Å². The van der Waals surface area contributed by atoms with Crippen LogP contribution < -0.4 is 4.74 Å². The normalized spacial score (nSPS) is 10.9. The Kier molecular flexibility index (Phi) is 5.08. The van der Waals surface area contributed by atoms with Crippen LogP contribution in [0.5, 0.6) is 5.75 Å². The average Bonchev–Trinajstić information content (AvgIpc) is 3.36. The van der Waals surface area contributed by atoms with Crippen LogP contribution in [0, 0.1) is 0 Å². The number of rotatable bonds is 6. The maximum absolute atomic E-state index is 6.15. The third kappa shape index (κ3) is 3.96. The van der Waals surface area contributed by atoms with Crippen LogP contribution in [0.4, 0.5) is 0 Å². The van der Waals surface area contributed by atoms with E-state index in [4.69, 9.17) is 25.3 Å². The van der Waals surface area contributed by atoms with Crippen molar-refractivity contribution in [2.75, 3.05) is 7.11 Å². The molecular weight excluding hydrogens is 388 g/mol. The topological polar surface area (TPSA) is 87.1 Å². The van der Waals surface area contributed by atoms with Gasteiger partial charge in [-0.15, -0.1) is 10.2 Å². The number of halogens is 1. The highest BCUT2D eigenvalue weighted by molar-refractivity contribution is 7.98. The Morgan fingerprint density at radius 3 is 2.63 bits per heavy atom. The molecule has 4 aromatic rings. The summed E-state index contributed by atoms with van der Waals surface area (Å²) >= 11 is 7.47. The third-order valence-corrected chi connectivity index (χ3v) is 4.78. The molecule has 0 aliphatic carbocycles. The molecule has 27 heavy (non-hydrogen) atoms. The van der Waals surface area contributed by atoms with Gasteiger partial charge in [0.25, 0.3) is 11.1 Å². The van der Waals surface area contributed by atoms with Crippen LogP contribution in [0.25, 0.3) is 22.9 Å². The van der Waals surface area contributed by atoms with E-state index in [0.717, 1.165) is 11.3 Å². The third-order valence-electron chi connectivity index (χ3n) is 3.64. The Morgan fingerprint density at radius 2 is 1.85 bits per heavy atom. The Labute approximate surface area is 163 Å². The molecule has 0 unspecified atom stereocenters. The Morgan fingerprint density at radius 1 is 1.04 bits per heavy atom. The fourth-order valence-electron chi connectivity index (χ4n) is 2.30.